The molecule has 2 saturated heterocycles. The maximum Gasteiger partial charge on any atom is 0.122 e. The fourth-order valence-electron chi connectivity index (χ4n) is 3.38. The Hall–Kier alpha value is -0.910. The summed E-state index contributed by atoms with van der Waals surface area (Å²) in [5, 5.41) is 0. The number of rotatable bonds is 5. The van der Waals surface area contributed by atoms with Crippen molar-refractivity contribution in [2.75, 3.05) is 19.8 Å². The molecular weight excluding hydrogens is 254 g/mol. The summed E-state index contributed by atoms with van der Waals surface area (Å²) in [7, 11) is 2.06. The molecule has 1 aromatic heterocycles. The Bertz CT molecular complexity index is 435. The number of aryl methyl sites for hydroxylation is 1. The summed E-state index contributed by atoms with van der Waals surface area (Å²) in [4.78, 5) is 6.96. The van der Waals surface area contributed by atoms with Crippen LogP contribution in [0.25, 0.3) is 0 Å². The van der Waals surface area contributed by atoms with Crippen LogP contribution in [-0.2, 0) is 23.1 Å². The van der Waals surface area contributed by atoms with Crippen LogP contribution in [0.1, 0.15) is 32.0 Å². The summed E-state index contributed by atoms with van der Waals surface area (Å²) in [6.07, 6.45) is 8.03. The van der Waals surface area contributed by atoms with Crippen molar-refractivity contribution in [3.8, 4) is 0 Å². The van der Waals surface area contributed by atoms with Gasteiger partial charge < -0.3 is 14.0 Å². The van der Waals surface area contributed by atoms with E-state index < -0.39 is 0 Å². The highest BCUT2D eigenvalue weighted by atomic mass is 16.5. The van der Waals surface area contributed by atoms with E-state index in [9.17, 15) is 0 Å². The van der Waals surface area contributed by atoms with Gasteiger partial charge in [0, 0.05) is 38.6 Å². The normalized spacial score (nSPS) is 30.6. The molecule has 0 saturated carbocycles. The van der Waals surface area contributed by atoms with E-state index in [1.54, 1.807) is 0 Å². The van der Waals surface area contributed by atoms with E-state index in [1.807, 2.05) is 19.3 Å². The van der Waals surface area contributed by atoms with Crippen molar-refractivity contribution in [3.05, 3.63) is 18.2 Å². The number of hydrogen-bond donors (Lipinski definition) is 0. The third-order valence-electron chi connectivity index (χ3n) is 4.52. The molecule has 0 amide bonds. The zero-order valence-corrected chi connectivity index (χ0v) is 12.5. The predicted molar refractivity (Wildman–Crippen MR) is 76.4 cm³/mol. The molecule has 0 aromatic carbocycles. The second-order valence-corrected chi connectivity index (χ2v) is 5.81. The molecule has 2 aliphatic heterocycles. The lowest BCUT2D eigenvalue weighted by atomic mass is 9.99. The van der Waals surface area contributed by atoms with Gasteiger partial charge in [-0.25, -0.2) is 4.98 Å². The average molecular weight is 279 g/mol. The fourth-order valence-corrected chi connectivity index (χ4v) is 3.38. The van der Waals surface area contributed by atoms with E-state index in [0.717, 1.165) is 45.0 Å². The Morgan fingerprint density at radius 2 is 2.30 bits per heavy atom. The third kappa shape index (κ3) is 2.90. The first-order chi connectivity index (χ1) is 9.78. The fraction of sp³-hybridized carbons (Fsp3) is 0.800. The molecule has 20 heavy (non-hydrogen) atoms. The van der Waals surface area contributed by atoms with Crippen LogP contribution in [0.5, 0.6) is 0 Å². The van der Waals surface area contributed by atoms with Gasteiger partial charge in [0.1, 0.15) is 5.82 Å². The van der Waals surface area contributed by atoms with Crippen LogP contribution in [0.15, 0.2) is 12.4 Å². The zero-order chi connectivity index (χ0) is 13.9. The zero-order valence-electron chi connectivity index (χ0n) is 12.5. The minimum atomic E-state index is 0.296. The van der Waals surface area contributed by atoms with E-state index >= 15 is 0 Å². The first-order valence-corrected chi connectivity index (χ1v) is 7.71. The number of ether oxygens (including phenoxy) is 2. The van der Waals surface area contributed by atoms with Crippen molar-refractivity contribution in [2.24, 2.45) is 7.05 Å². The van der Waals surface area contributed by atoms with Gasteiger partial charge in [0.05, 0.1) is 25.4 Å². The van der Waals surface area contributed by atoms with E-state index in [4.69, 9.17) is 9.47 Å². The van der Waals surface area contributed by atoms with Gasteiger partial charge in [-0.05, 0) is 26.2 Å². The monoisotopic (exact) mass is 279 g/mol. The molecule has 0 N–H and O–H groups in total. The van der Waals surface area contributed by atoms with E-state index in [1.165, 1.54) is 6.42 Å². The Balaban J connectivity index is 1.56. The SMILES string of the molecule is CCOC[C@H]1CC[C@H]2[C@H](CCN2Cc2nccn2C)O1. The predicted octanol–water partition coefficient (Wildman–Crippen LogP) is 1.58. The second kappa shape index (κ2) is 6.24. The smallest absolute Gasteiger partial charge is 0.122 e. The second-order valence-electron chi connectivity index (χ2n) is 5.81. The molecule has 0 bridgehead atoms. The number of likely N-dealkylation sites (tertiary alicyclic amines) is 1. The molecule has 3 atom stereocenters. The maximum atomic E-state index is 6.20. The number of nitrogens with zero attached hydrogens (tertiary/aromatic N) is 3. The van der Waals surface area contributed by atoms with Crippen LogP contribution in [0, 0.1) is 0 Å². The lowest BCUT2D eigenvalue weighted by molar-refractivity contribution is -0.0987. The molecule has 0 aliphatic carbocycles. The van der Waals surface area contributed by atoms with Gasteiger partial charge in [-0.2, -0.15) is 0 Å². The van der Waals surface area contributed by atoms with Gasteiger partial charge in [-0.1, -0.05) is 0 Å². The summed E-state index contributed by atoms with van der Waals surface area (Å²) in [5.74, 6) is 1.14. The van der Waals surface area contributed by atoms with Crippen molar-refractivity contribution in [1.82, 2.24) is 14.5 Å². The van der Waals surface area contributed by atoms with Gasteiger partial charge in [0.15, 0.2) is 0 Å². The van der Waals surface area contributed by atoms with E-state index in [-0.39, 0.29) is 0 Å². The van der Waals surface area contributed by atoms with Crippen LogP contribution < -0.4 is 0 Å². The van der Waals surface area contributed by atoms with Crippen LogP contribution in [0.2, 0.25) is 0 Å². The third-order valence-corrected chi connectivity index (χ3v) is 4.52. The molecule has 112 valence electrons. The average Bonchev–Trinajstić information content (AvgIpc) is 3.04. The van der Waals surface area contributed by atoms with E-state index in [2.05, 4.69) is 21.5 Å². The Morgan fingerprint density at radius 1 is 1.40 bits per heavy atom. The minimum absolute atomic E-state index is 0.296. The first kappa shape index (κ1) is 14.0. The molecule has 5 heteroatoms. The highest BCUT2D eigenvalue weighted by molar-refractivity contribution is 4.97. The Labute approximate surface area is 120 Å². The molecule has 2 aliphatic rings. The molecule has 0 radical (unpaired) electrons. The van der Waals surface area contributed by atoms with Gasteiger partial charge >= 0.3 is 0 Å². The highest BCUT2D eigenvalue weighted by Crippen LogP contribution is 2.32. The van der Waals surface area contributed by atoms with Crippen LogP contribution >= 0.6 is 0 Å². The number of imidazole rings is 1. The topological polar surface area (TPSA) is 39.5 Å². The number of fused-ring (bicyclic) bond motifs is 1. The van der Waals surface area contributed by atoms with Crippen LogP contribution in [0.3, 0.4) is 0 Å². The van der Waals surface area contributed by atoms with Crippen LogP contribution in [-0.4, -0.2) is 52.5 Å². The largest absolute Gasteiger partial charge is 0.379 e. The molecule has 0 spiro atoms. The molecular formula is C15H25N3O2. The number of hydrogen-bond acceptors (Lipinski definition) is 4. The first-order valence-electron chi connectivity index (χ1n) is 7.71. The van der Waals surface area contributed by atoms with E-state index in [0.29, 0.717) is 18.2 Å². The quantitative estimate of drug-likeness (QED) is 0.820. The molecule has 0 unspecified atom stereocenters. The van der Waals surface area contributed by atoms with Crippen LogP contribution in [0.4, 0.5) is 0 Å². The highest BCUT2D eigenvalue weighted by Gasteiger charge is 2.39. The van der Waals surface area contributed by atoms with Crippen molar-refractivity contribution in [2.45, 2.75) is 51.0 Å². The van der Waals surface area contributed by atoms with Gasteiger partial charge in [-0.15, -0.1) is 0 Å². The standard InChI is InChI=1S/C15H25N3O2/c1-3-19-11-12-4-5-13-14(20-12)6-8-18(13)10-15-16-7-9-17(15)2/h7,9,12-14H,3-6,8,10-11H2,1-2H3/t12-,13+,14+/m1/s1. The minimum Gasteiger partial charge on any atom is -0.379 e. The van der Waals surface area contributed by atoms with Gasteiger partial charge in [-0.3, -0.25) is 4.90 Å². The lowest BCUT2D eigenvalue weighted by Crippen LogP contribution is -2.43. The lowest BCUT2D eigenvalue weighted by Gasteiger charge is -2.35. The van der Waals surface area contributed by atoms with Crippen molar-refractivity contribution in [1.29, 1.82) is 0 Å². The molecule has 5 nitrogen and oxygen atoms in total. The van der Waals surface area contributed by atoms with Crippen molar-refractivity contribution < 1.29 is 9.47 Å². The molecule has 1 aromatic rings. The van der Waals surface area contributed by atoms with Crippen molar-refractivity contribution in [3.63, 3.8) is 0 Å². The molecule has 3 heterocycles. The van der Waals surface area contributed by atoms with Gasteiger partial charge in [0.25, 0.3) is 0 Å². The van der Waals surface area contributed by atoms with Gasteiger partial charge in [0.2, 0.25) is 0 Å². The summed E-state index contributed by atoms with van der Waals surface area (Å²) in [6.45, 7) is 5.61. The molecule has 3 rings (SSSR count). The number of aromatic nitrogens is 2. The molecule has 2 fully saturated rings. The summed E-state index contributed by atoms with van der Waals surface area (Å²) < 4.78 is 13.8. The maximum absolute atomic E-state index is 6.20. The Kier molecular flexibility index (Phi) is 4.38. The summed E-state index contributed by atoms with van der Waals surface area (Å²) in [6, 6.07) is 0.560. The summed E-state index contributed by atoms with van der Waals surface area (Å²) >= 11 is 0. The summed E-state index contributed by atoms with van der Waals surface area (Å²) in [5.41, 5.74) is 0. The van der Waals surface area contributed by atoms with Crippen molar-refractivity contribution >= 4 is 0 Å². The Morgan fingerprint density at radius 3 is 3.05 bits per heavy atom.